The van der Waals surface area contributed by atoms with Crippen molar-refractivity contribution in [3.05, 3.63) is 45.7 Å². The number of ether oxygens (including phenoxy) is 2. The van der Waals surface area contributed by atoms with Gasteiger partial charge in [-0.15, -0.1) is 5.10 Å². The molecule has 0 amide bonds. The molecule has 0 fully saturated rings. The van der Waals surface area contributed by atoms with Gasteiger partial charge in [-0.05, 0) is 37.6 Å². The second kappa shape index (κ2) is 7.75. The lowest BCUT2D eigenvalue weighted by Gasteiger charge is -2.13. The van der Waals surface area contributed by atoms with Gasteiger partial charge >= 0.3 is 0 Å². The monoisotopic (exact) mass is 329 g/mol. The highest BCUT2D eigenvalue weighted by Gasteiger charge is 2.16. The van der Waals surface area contributed by atoms with E-state index in [2.05, 4.69) is 10.3 Å². The lowest BCUT2D eigenvalue weighted by atomic mass is 10.2. The first-order chi connectivity index (χ1) is 10.1. The second-order valence-corrected chi connectivity index (χ2v) is 5.16. The standard InChI is InChI=1S/C14H17Cl2N3O2/c1-3-20-14(21-4-2)13-9-19(18-17-13)8-10-7-11(15)5-6-12(10)16/h5-7,9,14H,3-4,8H2,1-2H3. The van der Waals surface area contributed by atoms with Gasteiger partial charge in [-0.2, -0.15) is 0 Å². The van der Waals surface area contributed by atoms with Crippen molar-refractivity contribution in [1.82, 2.24) is 15.0 Å². The molecule has 7 heteroatoms. The predicted molar refractivity (Wildman–Crippen MR) is 81.6 cm³/mol. The van der Waals surface area contributed by atoms with E-state index in [-0.39, 0.29) is 0 Å². The molecule has 1 aromatic heterocycles. The summed E-state index contributed by atoms with van der Waals surface area (Å²) in [6.45, 7) is 5.37. The average Bonchev–Trinajstić information content (AvgIpc) is 2.91. The quantitative estimate of drug-likeness (QED) is 0.726. The minimum absolute atomic E-state index is 0.483. The largest absolute Gasteiger partial charge is 0.347 e. The molecule has 2 aromatic rings. The molecule has 5 nitrogen and oxygen atoms in total. The van der Waals surface area contributed by atoms with Crippen LogP contribution in [0.2, 0.25) is 10.0 Å². The minimum atomic E-state index is -0.497. The van der Waals surface area contributed by atoms with Crippen LogP contribution in [-0.2, 0) is 16.0 Å². The predicted octanol–water partition coefficient (Wildman–Crippen LogP) is 3.70. The number of aromatic nitrogens is 3. The van der Waals surface area contributed by atoms with E-state index < -0.39 is 6.29 Å². The van der Waals surface area contributed by atoms with Gasteiger partial charge in [0.25, 0.3) is 0 Å². The molecule has 0 aliphatic rings. The zero-order valence-corrected chi connectivity index (χ0v) is 13.4. The third kappa shape index (κ3) is 4.41. The molecule has 0 radical (unpaired) electrons. The van der Waals surface area contributed by atoms with Crippen LogP contribution in [0.3, 0.4) is 0 Å². The third-order valence-electron chi connectivity index (χ3n) is 2.77. The van der Waals surface area contributed by atoms with Crippen LogP contribution in [0, 0.1) is 0 Å². The van der Waals surface area contributed by atoms with Crippen LogP contribution in [0.15, 0.2) is 24.4 Å². The van der Waals surface area contributed by atoms with E-state index in [1.54, 1.807) is 23.0 Å². The summed E-state index contributed by atoms with van der Waals surface area (Å²) in [4.78, 5) is 0. The summed E-state index contributed by atoms with van der Waals surface area (Å²) in [6.07, 6.45) is 1.29. The molecule has 114 valence electrons. The first-order valence-corrected chi connectivity index (χ1v) is 7.46. The van der Waals surface area contributed by atoms with E-state index in [0.717, 1.165) is 5.56 Å². The van der Waals surface area contributed by atoms with Crippen LogP contribution in [0.25, 0.3) is 0 Å². The van der Waals surface area contributed by atoms with E-state index in [0.29, 0.717) is 35.5 Å². The van der Waals surface area contributed by atoms with Crippen molar-refractivity contribution in [1.29, 1.82) is 0 Å². The summed E-state index contributed by atoms with van der Waals surface area (Å²) in [5.74, 6) is 0. The molecule has 21 heavy (non-hydrogen) atoms. The van der Waals surface area contributed by atoms with Crippen LogP contribution in [0.4, 0.5) is 0 Å². The van der Waals surface area contributed by atoms with Crippen molar-refractivity contribution in [2.75, 3.05) is 13.2 Å². The Morgan fingerprint density at radius 2 is 1.90 bits per heavy atom. The molecule has 0 unspecified atom stereocenters. The molecule has 0 saturated carbocycles. The first-order valence-electron chi connectivity index (χ1n) is 6.71. The van der Waals surface area contributed by atoms with Crippen molar-refractivity contribution in [2.45, 2.75) is 26.7 Å². The zero-order valence-electron chi connectivity index (χ0n) is 11.9. The lowest BCUT2D eigenvalue weighted by molar-refractivity contribution is -0.142. The fraction of sp³-hybridized carbons (Fsp3) is 0.429. The Labute approximate surface area is 133 Å². The summed E-state index contributed by atoms with van der Waals surface area (Å²) in [5.41, 5.74) is 1.52. The normalized spacial score (nSPS) is 11.3. The molecule has 0 saturated heterocycles. The lowest BCUT2D eigenvalue weighted by Crippen LogP contribution is -2.09. The van der Waals surface area contributed by atoms with Crippen molar-refractivity contribution in [3.63, 3.8) is 0 Å². The number of rotatable bonds is 7. The third-order valence-corrected chi connectivity index (χ3v) is 3.38. The molecule has 1 aromatic carbocycles. The Hall–Kier alpha value is -1.14. The molecule has 2 rings (SSSR count). The van der Waals surface area contributed by atoms with E-state index >= 15 is 0 Å². The molecule has 0 bridgehead atoms. The maximum atomic E-state index is 6.15. The smallest absolute Gasteiger partial charge is 0.204 e. The number of benzene rings is 1. The number of hydrogen-bond donors (Lipinski definition) is 0. The molecular formula is C14H17Cl2N3O2. The molecule has 0 atom stereocenters. The molecule has 0 N–H and O–H groups in total. The van der Waals surface area contributed by atoms with Crippen LogP contribution >= 0.6 is 23.2 Å². The van der Waals surface area contributed by atoms with Gasteiger partial charge in [0.1, 0.15) is 5.69 Å². The maximum Gasteiger partial charge on any atom is 0.204 e. The number of nitrogens with zero attached hydrogens (tertiary/aromatic N) is 3. The summed E-state index contributed by atoms with van der Waals surface area (Å²) < 4.78 is 12.7. The van der Waals surface area contributed by atoms with Crippen LogP contribution in [-0.4, -0.2) is 28.2 Å². The molecule has 0 aliphatic heterocycles. The zero-order chi connectivity index (χ0) is 15.2. The van der Waals surface area contributed by atoms with Crippen molar-refractivity contribution < 1.29 is 9.47 Å². The number of halogens is 2. The van der Waals surface area contributed by atoms with E-state index in [1.165, 1.54) is 0 Å². The van der Waals surface area contributed by atoms with Crippen LogP contribution < -0.4 is 0 Å². The van der Waals surface area contributed by atoms with E-state index in [4.69, 9.17) is 32.7 Å². The Morgan fingerprint density at radius 3 is 2.57 bits per heavy atom. The highest BCUT2D eigenvalue weighted by molar-refractivity contribution is 6.33. The Bertz CT molecular complexity index is 583. The Kier molecular flexibility index (Phi) is 5.99. The van der Waals surface area contributed by atoms with E-state index in [1.807, 2.05) is 19.9 Å². The average molecular weight is 330 g/mol. The highest BCUT2D eigenvalue weighted by Crippen LogP contribution is 2.22. The van der Waals surface area contributed by atoms with Gasteiger partial charge in [-0.1, -0.05) is 28.4 Å². The number of hydrogen-bond acceptors (Lipinski definition) is 4. The molecule has 0 aliphatic carbocycles. The fourth-order valence-corrected chi connectivity index (χ4v) is 2.23. The van der Waals surface area contributed by atoms with Gasteiger partial charge < -0.3 is 9.47 Å². The van der Waals surface area contributed by atoms with Gasteiger partial charge in [-0.25, -0.2) is 4.68 Å². The first kappa shape index (κ1) is 16.2. The van der Waals surface area contributed by atoms with Gasteiger partial charge in [0.2, 0.25) is 6.29 Å². The summed E-state index contributed by atoms with van der Waals surface area (Å²) in [6, 6.07) is 5.33. The topological polar surface area (TPSA) is 49.2 Å². The molecule has 1 heterocycles. The van der Waals surface area contributed by atoms with Gasteiger partial charge in [-0.3, -0.25) is 0 Å². The summed E-state index contributed by atoms with van der Waals surface area (Å²) in [7, 11) is 0. The van der Waals surface area contributed by atoms with Gasteiger partial charge in [0.15, 0.2) is 0 Å². The maximum absolute atomic E-state index is 6.15. The molecule has 0 spiro atoms. The van der Waals surface area contributed by atoms with Crippen LogP contribution in [0.1, 0.15) is 31.4 Å². The van der Waals surface area contributed by atoms with Crippen molar-refractivity contribution in [3.8, 4) is 0 Å². The summed E-state index contributed by atoms with van der Waals surface area (Å²) in [5, 5.41) is 9.44. The second-order valence-electron chi connectivity index (χ2n) is 4.32. The van der Waals surface area contributed by atoms with Gasteiger partial charge in [0, 0.05) is 23.3 Å². The molecular weight excluding hydrogens is 313 g/mol. The Balaban J connectivity index is 2.13. The fourth-order valence-electron chi connectivity index (χ4n) is 1.86. The SMILES string of the molecule is CCOC(OCC)c1cn(Cc2cc(Cl)ccc2Cl)nn1. The highest BCUT2D eigenvalue weighted by atomic mass is 35.5. The van der Waals surface area contributed by atoms with Gasteiger partial charge in [0.05, 0.1) is 12.7 Å². The van der Waals surface area contributed by atoms with Crippen molar-refractivity contribution in [2.24, 2.45) is 0 Å². The van der Waals surface area contributed by atoms with Crippen molar-refractivity contribution >= 4 is 23.2 Å². The summed E-state index contributed by atoms with van der Waals surface area (Å²) >= 11 is 12.1. The Morgan fingerprint density at radius 1 is 1.19 bits per heavy atom. The minimum Gasteiger partial charge on any atom is -0.347 e. The van der Waals surface area contributed by atoms with E-state index in [9.17, 15) is 0 Å². The van der Waals surface area contributed by atoms with Crippen LogP contribution in [0.5, 0.6) is 0 Å².